The summed E-state index contributed by atoms with van der Waals surface area (Å²) in [6.45, 7) is 0.634. The van der Waals surface area contributed by atoms with Crippen LogP contribution < -0.4 is 0 Å². The van der Waals surface area contributed by atoms with Gasteiger partial charge >= 0.3 is 0 Å². The fourth-order valence-electron chi connectivity index (χ4n) is 1.88. The van der Waals surface area contributed by atoms with E-state index in [-0.39, 0.29) is 17.3 Å². The molecule has 1 rings (SSSR count). The number of rotatable bonds is 8. The van der Waals surface area contributed by atoms with Gasteiger partial charge in [0.25, 0.3) is 17.3 Å². The van der Waals surface area contributed by atoms with Crippen molar-refractivity contribution in [2.75, 3.05) is 31.9 Å². The molecule has 126 valence electrons. The monoisotopic (exact) mass is 364 g/mol. The lowest BCUT2D eigenvalue weighted by Crippen LogP contribution is -2.46. The number of carbonyl (C=O) groups excluding carboxylic acids is 1. The number of amides is 1. The molecule has 0 heterocycles. The van der Waals surface area contributed by atoms with Crippen LogP contribution in [-0.2, 0) is 0 Å². The Balaban J connectivity index is 3.20. The molecule has 0 aliphatic carbocycles. The average Bonchev–Trinajstić information content (AvgIpc) is 2.52. The zero-order valence-electron chi connectivity index (χ0n) is 12.1. The highest BCUT2D eigenvalue weighted by atomic mass is 35.5. The second-order valence-electron chi connectivity index (χ2n) is 4.38. The minimum Gasteiger partial charge on any atom is -0.274 e. The van der Waals surface area contributed by atoms with Gasteiger partial charge in [-0.05, 0) is 6.07 Å². The second-order valence-corrected chi connectivity index (χ2v) is 5.13. The Kier molecular flexibility index (Phi) is 7.14. The molecule has 23 heavy (non-hydrogen) atoms. The molecule has 0 saturated carbocycles. The second kappa shape index (κ2) is 8.61. The average molecular weight is 365 g/mol. The minimum absolute atomic E-state index is 0.233. The lowest BCUT2D eigenvalue weighted by molar-refractivity contribution is -0.394. The molecule has 0 aromatic heterocycles. The number of hydrazine groups is 1. The van der Waals surface area contributed by atoms with Gasteiger partial charge in [0.2, 0.25) is 0 Å². The van der Waals surface area contributed by atoms with Crippen molar-refractivity contribution >= 4 is 40.5 Å². The van der Waals surface area contributed by atoms with Crippen LogP contribution in [0, 0.1) is 20.2 Å². The van der Waals surface area contributed by atoms with E-state index < -0.39 is 27.1 Å². The van der Waals surface area contributed by atoms with E-state index in [1.807, 2.05) is 0 Å². The van der Waals surface area contributed by atoms with Crippen LogP contribution in [0.5, 0.6) is 0 Å². The first-order valence-electron chi connectivity index (χ1n) is 6.41. The number of benzene rings is 1. The molecule has 0 atom stereocenters. The number of hydrogen-bond acceptors (Lipinski definition) is 6. The normalized spacial score (nSPS) is 10.6. The lowest BCUT2D eigenvalue weighted by Gasteiger charge is -2.30. The molecule has 0 N–H and O–H groups in total. The van der Waals surface area contributed by atoms with Crippen molar-refractivity contribution in [2.24, 2.45) is 0 Å². The van der Waals surface area contributed by atoms with Crippen molar-refractivity contribution in [3.05, 3.63) is 44.0 Å². The third kappa shape index (κ3) is 4.75. The van der Waals surface area contributed by atoms with Crippen LogP contribution in [0.4, 0.5) is 11.4 Å². The van der Waals surface area contributed by atoms with Crippen molar-refractivity contribution in [2.45, 2.75) is 0 Å². The molecule has 9 nitrogen and oxygen atoms in total. The van der Waals surface area contributed by atoms with E-state index >= 15 is 0 Å². The summed E-state index contributed by atoms with van der Waals surface area (Å²) in [5, 5.41) is 24.5. The third-order valence-corrected chi connectivity index (χ3v) is 3.36. The van der Waals surface area contributed by atoms with Crippen LogP contribution in [0.3, 0.4) is 0 Å². The van der Waals surface area contributed by atoms with E-state index in [2.05, 4.69) is 0 Å². The summed E-state index contributed by atoms with van der Waals surface area (Å²) in [5.74, 6) is -0.213. The Labute approximate surface area is 141 Å². The summed E-state index contributed by atoms with van der Waals surface area (Å²) in [6, 6.07) is 2.87. The number of nitro groups is 2. The van der Waals surface area contributed by atoms with E-state index in [9.17, 15) is 25.0 Å². The predicted octanol–water partition coefficient (Wildman–Crippen LogP) is 2.27. The highest BCUT2D eigenvalue weighted by Crippen LogP contribution is 2.26. The largest absolute Gasteiger partial charge is 0.289 e. The number of carbonyl (C=O) groups is 1. The van der Waals surface area contributed by atoms with E-state index in [0.717, 1.165) is 18.2 Å². The molecule has 0 fully saturated rings. The summed E-state index contributed by atoms with van der Waals surface area (Å²) in [7, 11) is 1.42. The van der Waals surface area contributed by atoms with Gasteiger partial charge in [0.15, 0.2) is 0 Å². The molecule has 1 aromatic rings. The Morgan fingerprint density at radius 3 is 2.13 bits per heavy atom. The van der Waals surface area contributed by atoms with E-state index in [4.69, 9.17) is 23.2 Å². The molecule has 0 bridgehead atoms. The number of alkyl halides is 2. The quantitative estimate of drug-likeness (QED) is 0.397. The van der Waals surface area contributed by atoms with E-state index in [1.165, 1.54) is 17.1 Å². The van der Waals surface area contributed by atoms with Crippen LogP contribution in [0.2, 0.25) is 0 Å². The highest BCUT2D eigenvalue weighted by molar-refractivity contribution is 6.18. The zero-order chi connectivity index (χ0) is 17.6. The Morgan fingerprint density at radius 1 is 1.13 bits per heavy atom. The fraction of sp³-hybridized carbons (Fsp3) is 0.417. The summed E-state index contributed by atoms with van der Waals surface area (Å²) in [4.78, 5) is 32.7. The van der Waals surface area contributed by atoms with E-state index in [0.29, 0.717) is 13.1 Å². The fourth-order valence-corrected chi connectivity index (χ4v) is 2.27. The number of nitrogens with zero attached hydrogens (tertiary/aromatic N) is 4. The molecule has 1 aromatic carbocycles. The van der Waals surface area contributed by atoms with Crippen LogP contribution in [0.25, 0.3) is 0 Å². The molecule has 11 heteroatoms. The van der Waals surface area contributed by atoms with Crippen LogP contribution in [0.1, 0.15) is 10.4 Å². The van der Waals surface area contributed by atoms with Gasteiger partial charge in [0.05, 0.1) is 15.9 Å². The lowest BCUT2D eigenvalue weighted by atomic mass is 10.1. The van der Waals surface area contributed by atoms with Crippen molar-refractivity contribution in [3.8, 4) is 0 Å². The van der Waals surface area contributed by atoms with Gasteiger partial charge in [-0.3, -0.25) is 30.0 Å². The maximum atomic E-state index is 12.5. The van der Waals surface area contributed by atoms with Gasteiger partial charge in [-0.15, -0.1) is 23.2 Å². The van der Waals surface area contributed by atoms with Gasteiger partial charge in [-0.25, -0.2) is 5.01 Å². The summed E-state index contributed by atoms with van der Waals surface area (Å²) >= 11 is 11.3. The molecule has 0 unspecified atom stereocenters. The van der Waals surface area contributed by atoms with Crippen molar-refractivity contribution in [3.63, 3.8) is 0 Å². The van der Waals surface area contributed by atoms with Crippen LogP contribution in [-0.4, -0.2) is 57.7 Å². The number of halogens is 2. The molecule has 0 radical (unpaired) electrons. The van der Waals surface area contributed by atoms with Crippen molar-refractivity contribution in [1.82, 2.24) is 10.0 Å². The maximum Gasteiger partial charge on any atom is 0.289 e. The first kappa shape index (κ1) is 19.1. The van der Waals surface area contributed by atoms with Crippen LogP contribution in [0.15, 0.2) is 18.2 Å². The topological polar surface area (TPSA) is 110 Å². The Hall–Kier alpha value is -1.97. The molecule has 1 amide bonds. The van der Waals surface area contributed by atoms with Gasteiger partial charge in [-0.1, -0.05) is 0 Å². The van der Waals surface area contributed by atoms with Gasteiger partial charge in [0, 0.05) is 38.0 Å². The first-order chi connectivity index (χ1) is 10.8. The predicted molar refractivity (Wildman–Crippen MR) is 84.9 cm³/mol. The van der Waals surface area contributed by atoms with Gasteiger partial charge in [-0.2, -0.15) is 0 Å². The molecule has 0 aliphatic rings. The standard InChI is InChI=1S/C12H14Cl2N4O5/c1-15(16(6-4-13)7-5-14)12(19)10-3-2-9(17(20)21)8-11(10)18(22)23/h2-3,8H,4-7H2,1H3. The first-order valence-corrected chi connectivity index (χ1v) is 7.48. The van der Waals surface area contributed by atoms with Gasteiger partial charge < -0.3 is 0 Å². The SMILES string of the molecule is CN(C(=O)c1ccc([N+](=O)[O-])cc1[N+](=O)[O-])N(CCCl)CCCl. The third-order valence-electron chi connectivity index (χ3n) is 3.02. The molecular formula is C12H14Cl2N4O5. The van der Waals surface area contributed by atoms with E-state index in [1.54, 1.807) is 0 Å². The maximum absolute atomic E-state index is 12.5. The van der Waals surface area contributed by atoms with Crippen LogP contribution >= 0.6 is 23.2 Å². The number of non-ortho nitro benzene ring substituents is 1. The Bertz CT molecular complexity index is 607. The minimum atomic E-state index is -0.832. The summed E-state index contributed by atoms with van der Waals surface area (Å²) in [5.41, 5.74) is -1.35. The van der Waals surface area contributed by atoms with Crippen molar-refractivity contribution < 1.29 is 14.6 Å². The zero-order valence-corrected chi connectivity index (χ0v) is 13.7. The molecular weight excluding hydrogens is 351 g/mol. The molecule has 0 spiro atoms. The van der Waals surface area contributed by atoms with Crippen molar-refractivity contribution in [1.29, 1.82) is 0 Å². The number of nitro benzene ring substituents is 2. The molecule has 0 aliphatic heterocycles. The molecule has 0 saturated heterocycles. The highest BCUT2D eigenvalue weighted by Gasteiger charge is 2.28. The number of hydrogen-bond donors (Lipinski definition) is 0. The Morgan fingerprint density at radius 2 is 1.70 bits per heavy atom. The summed E-state index contributed by atoms with van der Waals surface area (Å²) < 4.78 is 0. The summed E-state index contributed by atoms with van der Waals surface area (Å²) in [6.07, 6.45) is 0. The smallest absolute Gasteiger partial charge is 0.274 e. The van der Waals surface area contributed by atoms with Gasteiger partial charge in [0.1, 0.15) is 5.56 Å².